The van der Waals surface area contributed by atoms with Gasteiger partial charge >= 0.3 is 0 Å². The molecule has 0 saturated carbocycles. The molecule has 3 aromatic rings. The molecule has 0 N–H and O–H groups in total. The van der Waals surface area contributed by atoms with Crippen molar-refractivity contribution in [1.29, 1.82) is 0 Å². The first kappa shape index (κ1) is 15.1. The van der Waals surface area contributed by atoms with Gasteiger partial charge in [0, 0.05) is 17.5 Å². The molecule has 0 bridgehead atoms. The summed E-state index contributed by atoms with van der Waals surface area (Å²) in [4.78, 5) is 0. The smallest absolute Gasteiger partial charge is 0.0770 e. The Hall–Kier alpha value is -3.14. The molecular weight excluding hydrogens is 320 g/mol. The second-order valence-corrected chi connectivity index (χ2v) is 6.88. The van der Waals surface area contributed by atoms with Gasteiger partial charge in [-0.05, 0) is 17.2 Å². The third kappa shape index (κ3) is 2.73. The molecule has 0 fully saturated rings. The predicted octanol–water partition coefficient (Wildman–Crippen LogP) is 4.00. The molecule has 0 radical (unpaired) electrons. The number of hydrogen-bond acceptors (Lipinski definition) is 3. The zero-order valence-electron chi connectivity index (χ0n) is 14.4. The average Bonchev–Trinajstić information content (AvgIpc) is 3.27. The molecule has 5 rings (SSSR count). The maximum absolute atomic E-state index is 4.61. The van der Waals surface area contributed by atoms with Crippen LogP contribution >= 0.6 is 0 Å². The van der Waals surface area contributed by atoms with E-state index in [1.807, 2.05) is 18.5 Å². The van der Waals surface area contributed by atoms with E-state index < -0.39 is 0 Å². The molecule has 2 aliphatic rings. The van der Waals surface area contributed by atoms with E-state index in [0.717, 1.165) is 13.1 Å². The molecule has 2 heterocycles. The summed E-state index contributed by atoms with van der Waals surface area (Å²) < 4.78 is 2.06. The number of benzene rings is 2. The lowest BCUT2D eigenvalue weighted by atomic mass is 9.97. The zero-order chi connectivity index (χ0) is 17.3. The standard InChI is InChI=1S/C22H20N4/c1-3-10-21-19(8-1)13-23-25(21)15-17-6-5-7-18(12-17)16-26-22-11-4-2-9-20(22)14-24-26/h1-14,19,21H,15-16H2. The van der Waals surface area contributed by atoms with Crippen LogP contribution in [0.5, 0.6) is 0 Å². The Morgan fingerprint density at radius 2 is 1.73 bits per heavy atom. The lowest BCUT2D eigenvalue weighted by molar-refractivity contribution is 0.241. The minimum Gasteiger partial charge on any atom is -0.285 e. The van der Waals surface area contributed by atoms with Gasteiger partial charge in [0.05, 0.1) is 30.8 Å². The normalized spacial score (nSPS) is 20.8. The van der Waals surface area contributed by atoms with Gasteiger partial charge in [0.1, 0.15) is 0 Å². The van der Waals surface area contributed by atoms with Crippen LogP contribution < -0.4 is 0 Å². The van der Waals surface area contributed by atoms with Crippen LogP contribution in [0.15, 0.2) is 84.1 Å². The number of rotatable bonds is 4. The highest BCUT2D eigenvalue weighted by atomic mass is 15.5. The van der Waals surface area contributed by atoms with E-state index in [2.05, 4.69) is 86.7 Å². The Kier molecular flexibility index (Phi) is 3.67. The monoisotopic (exact) mass is 340 g/mol. The average molecular weight is 340 g/mol. The number of aromatic nitrogens is 2. The van der Waals surface area contributed by atoms with Crippen molar-refractivity contribution in [2.24, 2.45) is 11.0 Å². The molecule has 0 amide bonds. The van der Waals surface area contributed by atoms with Gasteiger partial charge in [-0.25, -0.2) is 0 Å². The fraction of sp³-hybridized carbons (Fsp3) is 0.182. The van der Waals surface area contributed by atoms with Crippen molar-refractivity contribution in [3.63, 3.8) is 0 Å². The Morgan fingerprint density at radius 1 is 0.885 bits per heavy atom. The molecule has 128 valence electrons. The van der Waals surface area contributed by atoms with Gasteiger partial charge in [0.2, 0.25) is 0 Å². The molecular formula is C22H20N4. The van der Waals surface area contributed by atoms with E-state index in [0.29, 0.717) is 12.0 Å². The second kappa shape index (κ2) is 6.30. The third-order valence-corrected chi connectivity index (χ3v) is 5.10. The van der Waals surface area contributed by atoms with E-state index in [-0.39, 0.29) is 0 Å². The van der Waals surface area contributed by atoms with E-state index in [1.54, 1.807) is 0 Å². The molecule has 4 nitrogen and oxygen atoms in total. The van der Waals surface area contributed by atoms with Crippen molar-refractivity contribution in [3.05, 3.63) is 90.2 Å². The summed E-state index contributed by atoms with van der Waals surface area (Å²) >= 11 is 0. The maximum Gasteiger partial charge on any atom is 0.0770 e. The van der Waals surface area contributed by atoms with Crippen LogP contribution in [0.25, 0.3) is 10.9 Å². The Labute approximate surface area is 152 Å². The Balaban J connectivity index is 1.35. The lowest BCUT2D eigenvalue weighted by Gasteiger charge is -2.25. The molecule has 0 spiro atoms. The number of allylic oxidation sites excluding steroid dienone is 2. The zero-order valence-corrected chi connectivity index (χ0v) is 14.4. The largest absolute Gasteiger partial charge is 0.285 e. The lowest BCUT2D eigenvalue weighted by Crippen LogP contribution is -2.30. The van der Waals surface area contributed by atoms with Gasteiger partial charge in [-0.15, -0.1) is 0 Å². The van der Waals surface area contributed by atoms with Crippen molar-refractivity contribution in [2.45, 2.75) is 19.1 Å². The van der Waals surface area contributed by atoms with Gasteiger partial charge in [-0.2, -0.15) is 10.2 Å². The third-order valence-electron chi connectivity index (χ3n) is 5.10. The molecule has 2 aromatic carbocycles. The summed E-state index contributed by atoms with van der Waals surface area (Å²) in [5.74, 6) is 0.402. The molecule has 1 aromatic heterocycles. The summed E-state index contributed by atoms with van der Waals surface area (Å²) in [6, 6.07) is 17.4. The molecule has 1 aliphatic heterocycles. The van der Waals surface area contributed by atoms with Crippen molar-refractivity contribution in [1.82, 2.24) is 14.8 Å². The van der Waals surface area contributed by atoms with E-state index in [4.69, 9.17) is 0 Å². The van der Waals surface area contributed by atoms with Gasteiger partial charge in [0.15, 0.2) is 0 Å². The molecule has 0 saturated heterocycles. The van der Waals surface area contributed by atoms with Crippen LogP contribution in [0.3, 0.4) is 0 Å². The SMILES string of the molecule is C1=CC2C=NN(Cc3cccc(Cn4ncc5ccccc54)c3)C2C=C1. The predicted molar refractivity (Wildman–Crippen MR) is 105 cm³/mol. The van der Waals surface area contributed by atoms with Crippen LogP contribution in [-0.2, 0) is 13.1 Å². The summed E-state index contributed by atoms with van der Waals surface area (Å²) in [6.45, 7) is 1.60. The van der Waals surface area contributed by atoms with E-state index >= 15 is 0 Å². The topological polar surface area (TPSA) is 33.4 Å². The highest BCUT2D eigenvalue weighted by molar-refractivity contribution is 5.78. The fourth-order valence-electron chi connectivity index (χ4n) is 3.77. The highest BCUT2D eigenvalue weighted by Crippen LogP contribution is 2.25. The molecule has 2 unspecified atom stereocenters. The summed E-state index contributed by atoms with van der Waals surface area (Å²) in [5, 5.41) is 12.5. The summed E-state index contributed by atoms with van der Waals surface area (Å²) in [5.41, 5.74) is 3.71. The first-order chi connectivity index (χ1) is 12.9. The minimum atomic E-state index is 0.346. The van der Waals surface area contributed by atoms with Crippen LogP contribution in [0.4, 0.5) is 0 Å². The van der Waals surface area contributed by atoms with Crippen LogP contribution in [0.2, 0.25) is 0 Å². The summed E-state index contributed by atoms with van der Waals surface area (Å²) in [7, 11) is 0. The molecule has 1 aliphatic carbocycles. The van der Waals surface area contributed by atoms with Gasteiger partial charge < -0.3 is 0 Å². The molecule has 26 heavy (non-hydrogen) atoms. The van der Waals surface area contributed by atoms with Gasteiger partial charge in [-0.3, -0.25) is 9.69 Å². The van der Waals surface area contributed by atoms with Crippen LogP contribution in [0.1, 0.15) is 11.1 Å². The number of para-hydroxylation sites is 1. The second-order valence-electron chi connectivity index (χ2n) is 6.88. The first-order valence-electron chi connectivity index (χ1n) is 9.01. The van der Waals surface area contributed by atoms with Crippen LogP contribution in [-0.4, -0.2) is 27.0 Å². The van der Waals surface area contributed by atoms with Crippen molar-refractivity contribution in [3.8, 4) is 0 Å². The van der Waals surface area contributed by atoms with Gasteiger partial charge in [-0.1, -0.05) is 66.8 Å². The quantitative estimate of drug-likeness (QED) is 0.719. The Bertz CT molecular complexity index is 1030. The highest BCUT2D eigenvalue weighted by Gasteiger charge is 2.27. The van der Waals surface area contributed by atoms with E-state index in [9.17, 15) is 0 Å². The van der Waals surface area contributed by atoms with Gasteiger partial charge in [0.25, 0.3) is 0 Å². The number of hydrogen-bond donors (Lipinski definition) is 0. The number of nitrogens with zero attached hydrogens (tertiary/aromatic N) is 4. The first-order valence-corrected chi connectivity index (χ1v) is 9.01. The molecule has 2 atom stereocenters. The van der Waals surface area contributed by atoms with Crippen molar-refractivity contribution >= 4 is 17.1 Å². The number of fused-ring (bicyclic) bond motifs is 2. The van der Waals surface area contributed by atoms with Crippen molar-refractivity contribution < 1.29 is 0 Å². The maximum atomic E-state index is 4.61. The van der Waals surface area contributed by atoms with E-state index in [1.165, 1.54) is 22.0 Å². The molecule has 4 heteroatoms. The number of hydrazone groups is 1. The van der Waals surface area contributed by atoms with Crippen LogP contribution in [0, 0.1) is 5.92 Å². The Morgan fingerprint density at radius 3 is 2.69 bits per heavy atom. The summed E-state index contributed by atoms with van der Waals surface area (Å²) in [6.07, 6.45) is 12.6. The minimum absolute atomic E-state index is 0.346. The van der Waals surface area contributed by atoms with Crippen molar-refractivity contribution in [2.75, 3.05) is 0 Å². The fourth-order valence-corrected chi connectivity index (χ4v) is 3.77.